The highest BCUT2D eigenvalue weighted by Crippen LogP contribution is 2.32. The van der Waals surface area contributed by atoms with Gasteiger partial charge in [-0.2, -0.15) is 0 Å². The smallest absolute Gasteiger partial charge is 0.323 e. The summed E-state index contributed by atoms with van der Waals surface area (Å²) in [5.74, 6) is 0.266. The molecule has 1 fully saturated rings. The van der Waals surface area contributed by atoms with Gasteiger partial charge < -0.3 is 10.0 Å². The predicted octanol–water partition coefficient (Wildman–Crippen LogP) is 1.71. The molecule has 6 nitrogen and oxygen atoms in total. The molecule has 2 amide bonds. The lowest BCUT2D eigenvalue weighted by Crippen LogP contribution is -2.37. The lowest BCUT2D eigenvalue weighted by molar-refractivity contribution is 0.117. The van der Waals surface area contributed by atoms with E-state index in [0.717, 1.165) is 12.8 Å². The summed E-state index contributed by atoms with van der Waals surface area (Å²) in [4.78, 5) is 13.0. The van der Waals surface area contributed by atoms with Gasteiger partial charge in [0, 0.05) is 13.6 Å². The zero-order valence-corrected chi connectivity index (χ0v) is 11.0. The Morgan fingerprint density at radius 1 is 1.58 bits per heavy atom. The van der Waals surface area contributed by atoms with Crippen molar-refractivity contribution in [3.63, 3.8) is 0 Å². The first-order chi connectivity index (χ1) is 8.97. The van der Waals surface area contributed by atoms with E-state index in [1.54, 1.807) is 0 Å². The fourth-order valence-corrected chi connectivity index (χ4v) is 2.14. The number of hydrogen-bond donors (Lipinski definition) is 2. The average molecular weight is 292 g/mol. The van der Waals surface area contributed by atoms with Crippen molar-refractivity contribution in [3.8, 4) is 0 Å². The van der Waals surface area contributed by atoms with Crippen LogP contribution < -0.4 is 5.32 Å². The van der Waals surface area contributed by atoms with E-state index in [2.05, 4.69) is 15.5 Å². The molecule has 1 aliphatic rings. The molecule has 0 aromatic carbocycles. The van der Waals surface area contributed by atoms with Gasteiger partial charge in [-0.25, -0.2) is 13.6 Å². The van der Waals surface area contributed by atoms with Crippen LogP contribution in [-0.2, 0) is 0 Å². The third-order valence-electron chi connectivity index (χ3n) is 2.81. The highest BCUT2D eigenvalue weighted by atomic mass is 32.1. The van der Waals surface area contributed by atoms with Crippen LogP contribution >= 0.6 is 11.3 Å². The number of urea groups is 1. The van der Waals surface area contributed by atoms with E-state index in [1.807, 2.05) is 0 Å². The maximum Gasteiger partial charge on any atom is 0.323 e. The summed E-state index contributed by atoms with van der Waals surface area (Å²) in [6.45, 7) is 0.205. The molecule has 1 aromatic heterocycles. The van der Waals surface area contributed by atoms with Crippen LogP contribution in [0.1, 0.15) is 24.3 Å². The van der Waals surface area contributed by atoms with E-state index in [-0.39, 0.29) is 17.6 Å². The van der Waals surface area contributed by atoms with Crippen molar-refractivity contribution in [2.24, 2.45) is 5.92 Å². The number of rotatable bonds is 5. The van der Waals surface area contributed by atoms with Gasteiger partial charge in [-0.15, -0.1) is 10.2 Å². The topological polar surface area (TPSA) is 78.4 Å². The SMILES string of the molecule is CN(CC(O)C1CC1)C(=O)Nc1nnc(C(F)F)s1. The van der Waals surface area contributed by atoms with Gasteiger partial charge in [0.25, 0.3) is 6.43 Å². The summed E-state index contributed by atoms with van der Waals surface area (Å²) in [7, 11) is 1.52. The highest BCUT2D eigenvalue weighted by molar-refractivity contribution is 7.15. The van der Waals surface area contributed by atoms with Crippen molar-refractivity contribution in [1.29, 1.82) is 0 Å². The molecule has 9 heteroatoms. The van der Waals surface area contributed by atoms with Crippen molar-refractivity contribution in [2.75, 3.05) is 18.9 Å². The van der Waals surface area contributed by atoms with E-state index < -0.39 is 23.6 Å². The number of carbonyl (C=O) groups is 1. The van der Waals surface area contributed by atoms with Crippen LogP contribution in [0.5, 0.6) is 0 Å². The normalized spacial score (nSPS) is 16.5. The number of aliphatic hydroxyl groups is 1. The number of amides is 2. The molecule has 0 aliphatic heterocycles. The van der Waals surface area contributed by atoms with Crippen LogP contribution in [0.2, 0.25) is 0 Å². The van der Waals surface area contributed by atoms with E-state index in [1.165, 1.54) is 11.9 Å². The molecule has 1 heterocycles. The minimum atomic E-state index is -2.70. The molecule has 1 aromatic rings. The van der Waals surface area contributed by atoms with Crippen molar-refractivity contribution in [3.05, 3.63) is 5.01 Å². The molecule has 1 aliphatic carbocycles. The second-order valence-corrected chi connectivity index (χ2v) is 5.47. The third-order valence-corrected chi connectivity index (χ3v) is 3.66. The number of aliphatic hydroxyl groups excluding tert-OH is 1. The fraction of sp³-hybridized carbons (Fsp3) is 0.700. The van der Waals surface area contributed by atoms with Gasteiger partial charge in [-0.1, -0.05) is 11.3 Å². The number of alkyl halides is 2. The Kier molecular flexibility index (Phi) is 4.25. The second kappa shape index (κ2) is 5.74. The summed E-state index contributed by atoms with van der Waals surface area (Å²) >= 11 is 0.631. The Bertz CT molecular complexity index is 452. The molecule has 0 saturated heterocycles. The molecule has 19 heavy (non-hydrogen) atoms. The van der Waals surface area contributed by atoms with Gasteiger partial charge in [-0.3, -0.25) is 5.32 Å². The van der Waals surface area contributed by atoms with Crippen LogP contribution in [0, 0.1) is 5.92 Å². The van der Waals surface area contributed by atoms with Crippen LogP contribution in [0.4, 0.5) is 18.7 Å². The summed E-state index contributed by atoms with van der Waals surface area (Å²) in [5, 5.41) is 18.4. The Labute approximate surface area is 112 Å². The van der Waals surface area contributed by atoms with Gasteiger partial charge >= 0.3 is 6.03 Å². The first-order valence-electron chi connectivity index (χ1n) is 5.79. The minimum absolute atomic E-state index is 0.0214. The maximum absolute atomic E-state index is 12.3. The standard InChI is InChI=1S/C10H14F2N4O2S/c1-16(4-6(17)5-2-3-5)10(18)13-9-15-14-8(19-9)7(11)12/h5-7,17H,2-4H2,1H3,(H,13,15,18). The summed E-state index contributed by atoms with van der Waals surface area (Å²) < 4.78 is 24.6. The van der Waals surface area contributed by atoms with Crippen LogP contribution in [0.3, 0.4) is 0 Å². The van der Waals surface area contributed by atoms with Gasteiger partial charge in [-0.05, 0) is 18.8 Å². The van der Waals surface area contributed by atoms with Gasteiger partial charge in [0.15, 0.2) is 5.01 Å². The highest BCUT2D eigenvalue weighted by Gasteiger charge is 2.31. The first-order valence-corrected chi connectivity index (χ1v) is 6.60. The third kappa shape index (κ3) is 3.80. The largest absolute Gasteiger partial charge is 0.391 e. The molecule has 0 radical (unpaired) electrons. The number of aromatic nitrogens is 2. The summed E-state index contributed by atoms with van der Waals surface area (Å²) in [6.07, 6.45) is -1.28. The number of anilines is 1. The molecule has 1 atom stereocenters. The zero-order valence-electron chi connectivity index (χ0n) is 10.2. The molecule has 2 N–H and O–H groups in total. The molecule has 0 bridgehead atoms. The van der Waals surface area contributed by atoms with Gasteiger partial charge in [0.1, 0.15) is 0 Å². The summed E-state index contributed by atoms with van der Waals surface area (Å²) in [5.41, 5.74) is 0. The average Bonchev–Trinajstić information content (AvgIpc) is 3.09. The molecule has 1 unspecified atom stereocenters. The van der Waals surface area contributed by atoms with Crippen molar-refractivity contribution in [2.45, 2.75) is 25.4 Å². The van der Waals surface area contributed by atoms with E-state index in [9.17, 15) is 18.7 Å². The Morgan fingerprint density at radius 2 is 2.26 bits per heavy atom. The number of carbonyl (C=O) groups excluding carboxylic acids is 1. The second-order valence-electron chi connectivity index (χ2n) is 4.46. The Balaban J connectivity index is 1.84. The molecular weight excluding hydrogens is 278 g/mol. The quantitative estimate of drug-likeness (QED) is 0.866. The fourth-order valence-electron chi connectivity index (χ4n) is 1.55. The van der Waals surface area contributed by atoms with Crippen LogP contribution in [-0.4, -0.2) is 45.9 Å². The van der Waals surface area contributed by atoms with E-state index in [0.29, 0.717) is 11.3 Å². The zero-order chi connectivity index (χ0) is 14.0. The lowest BCUT2D eigenvalue weighted by atomic mass is 10.2. The van der Waals surface area contributed by atoms with Crippen molar-refractivity contribution >= 4 is 22.5 Å². The lowest BCUT2D eigenvalue weighted by Gasteiger charge is -2.20. The van der Waals surface area contributed by atoms with Crippen molar-refractivity contribution in [1.82, 2.24) is 15.1 Å². The Hall–Kier alpha value is -1.35. The van der Waals surface area contributed by atoms with Crippen LogP contribution in [0.15, 0.2) is 0 Å². The molecule has 0 spiro atoms. The van der Waals surface area contributed by atoms with Crippen LogP contribution in [0.25, 0.3) is 0 Å². The number of halogens is 2. The Morgan fingerprint density at radius 3 is 2.79 bits per heavy atom. The minimum Gasteiger partial charge on any atom is -0.391 e. The maximum atomic E-state index is 12.3. The molecule has 1 saturated carbocycles. The summed E-state index contributed by atoms with van der Waals surface area (Å²) in [6, 6.07) is -0.503. The monoisotopic (exact) mass is 292 g/mol. The number of nitrogens with one attached hydrogen (secondary N) is 1. The van der Waals surface area contributed by atoms with Gasteiger partial charge in [0.2, 0.25) is 5.13 Å². The molecular formula is C10H14F2N4O2S. The van der Waals surface area contributed by atoms with E-state index >= 15 is 0 Å². The van der Waals surface area contributed by atoms with Gasteiger partial charge in [0.05, 0.1) is 6.10 Å². The number of hydrogen-bond acceptors (Lipinski definition) is 5. The van der Waals surface area contributed by atoms with Crippen molar-refractivity contribution < 1.29 is 18.7 Å². The predicted molar refractivity (Wildman–Crippen MR) is 65.2 cm³/mol. The number of nitrogens with zero attached hydrogens (tertiary/aromatic N) is 3. The number of likely N-dealkylation sites (N-methyl/N-ethyl adjacent to an activating group) is 1. The molecule has 106 valence electrons. The first kappa shape index (κ1) is 14.1. The van der Waals surface area contributed by atoms with E-state index in [4.69, 9.17) is 0 Å². The molecule has 2 rings (SSSR count).